The van der Waals surface area contributed by atoms with Crippen molar-refractivity contribution < 1.29 is 9.47 Å². The number of hydrogen-bond donors (Lipinski definition) is 1. The molecule has 0 saturated heterocycles. The fourth-order valence-corrected chi connectivity index (χ4v) is 1.79. The Morgan fingerprint density at radius 3 is 2.71 bits per heavy atom. The summed E-state index contributed by atoms with van der Waals surface area (Å²) in [6.07, 6.45) is 0.840. The number of rotatable bonds is 5. The number of methoxy groups -OCH3 is 1. The topological polar surface area (TPSA) is 44.5 Å². The molecule has 0 atom stereocenters. The van der Waals surface area contributed by atoms with E-state index in [1.54, 1.807) is 7.11 Å². The summed E-state index contributed by atoms with van der Waals surface area (Å²) in [5.74, 6) is 1.57. The van der Waals surface area contributed by atoms with E-state index >= 15 is 0 Å². The van der Waals surface area contributed by atoms with Gasteiger partial charge < -0.3 is 15.2 Å². The van der Waals surface area contributed by atoms with Crippen molar-refractivity contribution in [1.29, 1.82) is 0 Å². The molecule has 0 aliphatic heterocycles. The Bertz CT molecular complexity index is 497. The molecule has 3 heteroatoms. The van der Waals surface area contributed by atoms with Crippen molar-refractivity contribution >= 4 is 10.8 Å². The molecule has 0 unspecified atom stereocenters. The van der Waals surface area contributed by atoms with E-state index in [1.807, 2.05) is 30.3 Å². The van der Waals surface area contributed by atoms with Gasteiger partial charge in [0.15, 0.2) is 11.5 Å². The predicted molar refractivity (Wildman–Crippen MR) is 69.7 cm³/mol. The number of benzene rings is 2. The van der Waals surface area contributed by atoms with Crippen LogP contribution in [0.5, 0.6) is 11.5 Å². The molecule has 0 bridgehead atoms. The third kappa shape index (κ3) is 2.50. The Labute approximate surface area is 101 Å². The van der Waals surface area contributed by atoms with Crippen LogP contribution in [0.1, 0.15) is 6.42 Å². The van der Waals surface area contributed by atoms with Crippen molar-refractivity contribution in [2.45, 2.75) is 6.42 Å². The van der Waals surface area contributed by atoms with Crippen molar-refractivity contribution in [3.8, 4) is 11.5 Å². The molecule has 17 heavy (non-hydrogen) atoms. The van der Waals surface area contributed by atoms with Gasteiger partial charge in [-0.3, -0.25) is 0 Å². The first-order chi connectivity index (χ1) is 8.36. The van der Waals surface area contributed by atoms with Gasteiger partial charge in [-0.25, -0.2) is 0 Å². The van der Waals surface area contributed by atoms with E-state index in [9.17, 15) is 0 Å². The molecule has 0 aliphatic carbocycles. The third-order valence-corrected chi connectivity index (χ3v) is 2.66. The Hall–Kier alpha value is -1.74. The van der Waals surface area contributed by atoms with Crippen molar-refractivity contribution in [1.82, 2.24) is 0 Å². The van der Waals surface area contributed by atoms with Crippen LogP contribution in [0.4, 0.5) is 0 Å². The van der Waals surface area contributed by atoms with Crippen LogP contribution in [0, 0.1) is 0 Å². The Balaban J connectivity index is 2.40. The van der Waals surface area contributed by atoms with Crippen LogP contribution in [0.25, 0.3) is 10.8 Å². The van der Waals surface area contributed by atoms with E-state index in [0.717, 1.165) is 28.7 Å². The average molecular weight is 231 g/mol. The van der Waals surface area contributed by atoms with Gasteiger partial charge in [-0.1, -0.05) is 30.3 Å². The monoisotopic (exact) mass is 231 g/mol. The number of nitrogens with two attached hydrogens (primary N) is 1. The van der Waals surface area contributed by atoms with Crippen LogP contribution in [0.3, 0.4) is 0 Å². The van der Waals surface area contributed by atoms with E-state index in [0.29, 0.717) is 13.2 Å². The molecule has 0 heterocycles. The molecule has 0 fully saturated rings. The second-order valence-corrected chi connectivity index (χ2v) is 3.81. The van der Waals surface area contributed by atoms with Crippen molar-refractivity contribution in [2.24, 2.45) is 5.73 Å². The van der Waals surface area contributed by atoms with Crippen molar-refractivity contribution in [3.05, 3.63) is 36.4 Å². The lowest BCUT2D eigenvalue weighted by Gasteiger charge is -2.13. The van der Waals surface area contributed by atoms with Crippen LogP contribution < -0.4 is 15.2 Å². The molecule has 0 radical (unpaired) electrons. The summed E-state index contributed by atoms with van der Waals surface area (Å²) in [4.78, 5) is 0. The lowest BCUT2D eigenvalue weighted by molar-refractivity contribution is 0.295. The summed E-state index contributed by atoms with van der Waals surface area (Å²) < 4.78 is 11.1. The zero-order valence-electron chi connectivity index (χ0n) is 9.98. The quantitative estimate of drug-likeness (QED) is 0.804. The van der Waals surface area contributed by atoms with Gasteiger partial charge in [0.25, 0.3) is 0 Å². The van der Waals surface area contributed by atoms with Crippen molar-refractivity contribution in [3.63, 3.8) is 0 Å². The highest BCUT2D eigenvalue weighted by Crippen LogP contribution is 2.35. The molecule has 2 aromatic carbocycles. The molecule has 2 rings (SSSR count). The van der Waals surface area contributed by atoms with Gasteiger partial charge in [-0.15, -0.1) is 0 Å². The molecular weight excluding hydrogens is 214 g/mol. The highest BCUT2D eigenvalue weighted by molar-refractivity contribution is 5.90. The fourth-order valence-electron chi connectivity index (χ4n) is 1.79. The highest BCUT2D eigenvalue weighted by Gasteiger charge is 2.08. The summed E-state index contributed by atoms with van der Waals surface area (Å²) in [7, 11) is 1.65. The van der Waals surface area contributed by atoms with Gasteiger partial charge in [-0.05, 0) is 24.4 Å². The molecule has 0 aromatic heterocycles. The first-order valence-electron chi connectivity index (χ1n) is 5.75. The number of ether oxygens (including phenoxy) is 2. The third-order valence-electron chi connectivity index (χ3n) is 2.66. The minimum atomic E-state index is 0.612. The fraction of sp³-hybridized carbons (Fsp3) is 0.286. The molecule has 0 spiro atoms. The van der Waals surface area contributed by atoms with Gasteiger partial charge in [0.2, 0.25) is 0 Å². The molecule has 0 aliphatic rings. The van der Waals surface area contributed by atoms with Gasteiger partial charge in [0.1, 0.15) is 0 Å². The maximum Gasteiger partial charge on any atom is 0.168 e. The lowest BCUT2D eigenvalue weighted by atomic mass is 10.1. The van der Waals surface area contributed by atoms with E-state index in [4.69, 9.17) is 15.2 Å². The van der Waals surface area contributed by atoms with Gasteiger partial charge >= 0.3 is 0 Å². The maximum atomic E-state index is 5.78. The van der Waals surface area contributed by atoms with Crippen LogP contribution in [0.2, 0.25) is 0 Å². The molecule has 2 N–H and O–H groups in total. The van der Waals surface area contributed by atoms with E-state index < -0.39 is 0 Å². The molecule has 2 aromatic rings. The number of fused-ring (bicyclic) bond motifs is 1. The number of hydrogen-bond acceptors (Lipinski definition) is 3. The first-order valence-corrected chi connectivity index (χ1v) is 5.75. The smallest absolute Gasteiger partial charge is 0.168 e. The second kappa shape index (κ2) is 5.55. The lowest BCUT2D eigenvalue weighted by Crippen LogP contribution is -2.07. The van der Waals surface area contributed by atoms with Crippen LogP contribution in [-0.2, 0) is 0 Å². The Morgan fingerprint density at radius 2 is 1.94 bits per heavy atom. The SMILES string of the molecule is COc1ccc2ccccc2c1OCCCN. The summed E-state index contributed by atoms with van der Waals surface area (Å²) in [5.41, 5.74) is 5.46. The largest absolute Gasteiger partial charge is 0.493 e. The minimum absolute atomic E-state index is 0.612. The van der Waals surface area contributed by atoms with Crippen LogP contribution in [-0.4, -0.2) is 20.3 Å². The summed E-state index contributed by atoms with van der Waals surface area (Å²) >= 11 is 0. The average Bonchev–Trinajstić information content (AvgIpc) is 2.39. The zero-order valence-corrected chi connectivity index (χ0v) is 9.98. The van der Waals surface area contributed by atoms with Crippen LogP contribution >= 0.6 is 0 Å². The molecule has 90 valence electrons. The highest BCUT2D eigenvalue weighted by atomic mass is 16.5. The summed E-state index contributed by atoms with van der Waals surface area (Å²) in [5, 5.41) is 2.22. The van der Waals surface area contributed by atoms with E-state index in [-0.39, 0.29) is 0 Å². The molecular formula is C14H17NO2. The van der Waals surface area contributed by atoms with Gasteiger partial charge in [0, 0.05) is 5.39 Å². The van der Waals surface area contributed by atoms with E-state index in [1.165, 1.54) is 0 Å². The summed E-state index contributed by atoms with van der Waals surface area (Å²) in [6, 6.07) is 12.1. The Kier molecular flexibility index (Phi) is 3.83. The maximum absolute atomic E-state index is 5.78. The summed E-state index contributed by atoms with van der Waals surface area (Å²) in [6.45, 7) is 1.24. The van der Waals surface area contributed by atoms with Crippen molar-refractivity contribution in [2.75, 3.05) is 20.3 Å². The normalized spacial score (nSPS) is 10.5. The molecule has 0 amide bonds. The van der Waals surface area contributed by atoms with Crippen LogP contribution in [0.15, 0.2) is 36.4 Å². The molecule has 0 saturated carbocycles. The van der Waals surface area contributed by atoms with E-state index in [2.05, 4.69) is 6.07 Å². The minimum Gasteiger partial charge on any atom is -0.493 e. The predicted octanol–water partition coefficient (Wildman–Crippen LogP) is 2.58. The Morgan fingerprint density at radius 1 is 1.12 bits per heavy atom. The standard InChI is InChI=1S/C14H17NO2/c1-16-13-8-7-11-5-2-3-6-12(11)14(13)17-10-4-9-15/h2-3,5-8H,4,9-10,15H2,1H3. The molecule has 3 nitrogen and oxygen atoms in total. The first kappa shape index (κ1) is 11.7. The van der Waals surface area contributed by atoms with Gasteiger partial charge in [-0.2, -0.15) is 0 Å². The second-order valence-electron chi connectivity index (χ2n) is 3.81. The van der Waals surface area contributed by atoms with Gasteiger partial charge in [0.05, 0.1) is 13.7 Å². The zero-order chi connectivity index (χ0) is 12.1.